The van der Waals surface area contributed by atoms with E-state index in [2.05, 4.69) is 17.2 Å². The smallest absolute Gasteiger partial charge is 0.128 e. The lowest BCUT2D eigenvalue weighted by molar-refractivity contribution is 0.282. The first-order valence-electron chi connectivity index (χ1n) is 7.01. The Morgan fingerprint density at radius 2 is 1.95 bits per heavy atom. The lowest BCUT2D eigenvalue weighted by atomic mass is 10.1. The number of nitrogens with one attached hydrogen (secondary N) is 1. The normalized spacial score (nSPS) is 10.7. The summed E-state index contributed by atoms with van der Waals surface area (Å²) in [4.78, 5) is 4.46. The first-order valence-corrected chi connectivity index (χ1v) is 7.01. The summed E-state index contributed by atoms with van der Waals surface area (Å²) in [6.45, 7) is 6.14. The summed E-state index contributed by atoms with van der Waals surface area (Å²) in [5.74, 6) is 0.940. The predicted molar refractivity (Wildman–Crippen MR) is 77.5 cm³/mol. The molecule has 0 unspecified atom stereocenters. The highest BCUT2D eigenvalue weighted by molar-refractivity contribution is 5.40. The van der Waals surface area contributed by atoms with E-state index >= 15 is 0 Å². The minimum Gasteiger partial charge on any atom is -0.496 e. The Labute approximate surface area is 116 Å². The Hall–Kier alpha value is -1.13. The van der Waals surface area contributed by atoms with Gasteiger partial charge in [-0.15, -0.1) is 0 Å². The molecule has 0 bridgehead atoms. The molecule has 0 saturated carbocycles. The second-order valence-corrected chi connectivity index (χ2v) is 4.86. The first kappa shape index (κ1) is 15.9. The van der Waals surface area contributed by atoms with E-state index in [1.54, 1.807) is 7.11 Å². The molecule has 0 atom stereocenters. The van der Waals surface area contributed by atoms with E-state index in [1.807, 2.05) is 13.1 Å². The number of hydrogen-bond donors (Lipinski definition) is 2. The van der Waals surface area contributed by atoms with Gasteiger partial charge in [0.1, 0.15) is 5.75 Å². The molecule has 0 aliphatic rings. The van der Waals surface area contributed by atoms with Crippen molar-refractivity contribution in [2.24, 2.45) is 0 Å². The Kier molecular flexibility index (Phi) is 7.45. The van der Waals surface area contributed by atoms with Gasteiger partial charge in [0.15, 0.2) is 0 Å². The number of aromatic nitrogens is 1. The average Bonchev–Trinajstić information content (AvgIpc) is 2.40. The lowest BCUT2D eigenvalue weighted by Crippen LogP contribution is -2.17. The Balaban J connectivity index is 2.33. The van der Waals surface area contributed by atoms with Gasteiger partial charge in [0, 0.05) is 30.5 Å². The zero-order valence-electron chi connectivity index (χ0n) is 12.3. The zero-order valence-corrected chi connectivity index (χ0v) is 12.3. The fourth-order valence-electron chi connectivity index (χ4n) is 2.17. The van der Waals surface area contributed by atoms with Crippen LogP contribution in [-0.2, 0) is 6.54 Å². The van der Waals surface area contributed by atoms with Gasteiger partial charge in [-0.3, -0.25) is 4.98 Å². The van der Waals surface area contributed by atoms with E-state index in [0.29, 0.717) is 6.61 Å². The fraction of sp³-hybridized carbons (Fsp3) is 0.667. The van der Waals surface area contributed by atoms with Crippen LogP contribution < -0.4 is 10.1 Å². The number of unbranched alkanes of at least 4 members (excludes halogenated alkanes) is 3. The largest absolute Gasteiger partial charge is 0.496 e. The lowest BCUT2D eigenvalue weighted by Gasteiger charge is -2.12. The van der Waals surface area contributed by atoms with Crippen LogP contribution in [-0.4, -0.2) is 30.4 Å². The topological polar surface area (TPSA) is 54.4 Å². The summed E-state index contributed by atoms with van der Waals surface area (Å²) in [5.41, 5.74) is 3.25. The van der Waals surface area contributed by atoms with E-state index in [4.69, 9.17) is 9.84 Å². The second kappa shape index (κ2) is 8.88. The molecule has 0 aliphatic heterocycles. The van der Waals surface area contributed by atoms with E-state index in [0.717, 1.165) is 61.3 Å². The van der Waals surface area contributed by atoms with E-state index in [-0.39, 0.29) is 0 Å². The summed E-state index contributed by atoms with van der Waals surface area (Å²) in [5, 5.41) is 12.1. The molecule has 1 aromatic rings. The molecular formula is C15H26N2O2. The molecule has 0 amide bonds. The van der Waals surface area contributed by atoms with E-state index in [1.165, 1.54) is 0 Å². The van der Waals surface area contributed by atoms with Gasteiger partial charge in [0.05, 0.1) is 12.8 Å². The Bertz CT molecular complexity index is 381. The van der Waals surface area contributed by atoms with Gasteiger partial charge in [0.2, 0.25) is 0 Å². The van der Waals surface area contributed by atoms with Crippen molar-refractivity contribution in [3.8, 4) is 5.75 Å². The molecular weight excluding hydrogens is 240 g/mol. The van der Waals surface area contributed by atoms with Crippen LogP contribution in [0.15, 0.2) is 6.20 Å². The Morgan fingerprint density at radius 1 is 1.21 bits per heavy atom. The number of aliphatic hydroxyl groups excluding tert-OH is 1. The van der Waals surface area contributed by atoms with Crippen LogP contribution in [0, 0.1) is 13.8 Å². The van der Waals surface area contributed by atoms with Crippen LogP contribution in [0.25, 0.3) is 0 Å². The molecule has 0 spiro atoms. The van der Waals surface area contributed by atoms with Crippen molar-refractivity contribution in [3.63, 3.8) is 0 Å². The predicted octanol–water partition coefficient (Wildman–Crippen LogP) is 2.35. The first-order chi connectivity index (χ1) is 9.20. The molecule has 0 aliphatic carbocycles. The van der Waals surface area contributed by atoms with Crippen LogP contribution in [0.3, 0.4) is 0 Å². The zero-order chi connectivity index (χ0) is 14.1. The van der Waals surface area contributed by atoms with Crippen molar-refractivity contribution in [3.05, 3.63) is 23.0 Å². The SMILES string of the molecule is COc1c(C)cnc(CNCCCCCCO)c1C. The quantitative estimate of drug-likeness (QED) is 0.674. The highest BCUT2D eigenvalue weighted by Crippen LogP contribution is 2.23. The molecule has 108 valence electrons. The van der Waals surface area contributed by atoms with Gasteiger partial charge in [-0.05, 0) is 33.2 Å². The van der Waals surface area contributed by atoms with Crippen molar-refractivity contribution >= 4 is 0 Å². The fourth-order valence-corrected chi connectivity index (χ4v) is 2.17. The number of aryl methyl sites for hydroxylation is 1. The number of hydrogen-bond acceptors (Lipinski definition) is 4. The number of ether oxygens (including phenoxy) is 1. The summed E-state index contributed by atoms with van der Waals surface area (Å²) >= 11 is 0. The van der Waals surface area contributed by atoms with Crippen molar-refractivity contribution in [2.75, 3.05) is 20.3 Å². The van der Waals surface area contributed by atoms with Crippen LogP contribution in [0.5, 0.6) is 5.75 Å². The third-order valence-corrected chi connectivity index (χ3v) is 3.30. The molecule has 1 rings (SSSR count). The highest BCUT2D eigenvalue weighted by Gasteiger charge is 2.08. The third kappa shape index (κ3) is 5.17. The summed E-state index contributed by atoms with van der Waals surface area (Å²) in [6, 6.07) is 0. The van der Waals surface area contributed by atoms with Gasteiger partial charge in [-0.2, -0.15) is 0 Å². The van der Waals surface area contributed by atoms with Crippen LogP contribution in [0.1, 0.15) is 42.5 Å². The third-order valence-electron chi connectivity index (χ3n) is 3.30. The second-order valence-electron chi connectivity index (χ2n) is 4.86. The monoisotopic (exact) mass is 266 g/mol. The summed E-state index contributed by atoms with van der Waals surface area (Å²) in [7, 11) is 1.70. The number of rotatable bonds is 9. The van der Waals surface area contributed by atoms with Crippen LogP contribution >= 0.6 is 0 Å². The van der Waals surface area contributed by atoms with Crippen molar-refractivity contribution < 1.29 is 9.84 Å². The highest BCUT2D eigenvalue weighted by atomic mass is 16.5. The maximum atomic E-state index is 8.68. The summed E-state index contributed by atoms with van der Waals surface area (Å²) in [6.07, 6.45) is 6.19. The minimum absolute atomic E-state index is 0.305. The van der Waals surface area contributed by atoms with Gasteiger partial charge >= 0.3 is 0 Å². The van der Waals surface area contributed by atoms with Gasteiger partial charge in [-0.25, -0.2) is 0 Å². The molecule has 1 aromatic heterocycles. The van der Waals surface area contributed by atoms with Gasteiger partial charge in [-0.1, -0.05) is 12.8 Å². The summed E-state index contributed by atoms with van der Waals surface area (Å²) < 4.78 is 5.40. The number of pyridine rings is 1. The van der Waals surface area contributed by atoms with Crippen molar-refractivity contribution in [1.82, 2.24) is 10.3 Å². The van der Waals surface area contributed by atoms with Crippen molar-refractivity contribution in [1.29, 1.82) is 0 Å². The molecule has 0 radical (unpaired) electrons. The number of aliphatic hydroxyl groups is 1. The van der Waals surface area contributed by atoms with E-state index < -0.39 is 0 Å². The van der Waals surface area contributed by atoms with E-state index in [9.17, 15) is 0 Å². The standard InChI is InChI=1S/C15H26N2O2/c1-12-10-17-14(13(2)15(12)19-3)11-16-8-6-4-5-7-9-18/h10,16,18H,4-9,11H2,1-3H3. The molecule has 19 heavy (non-hydrogen) atoms. The Morgan fingerprint density at radius 3 is 2.63 bits per heavy atom. The number of methoxy groups -OCH3 is 1. The maximum absolute atomic E-state index is 8.68. The molecule has 0 saturated heterocycles. The van der Waals surface area contributed by atoms with Crippen molar-refractivity contribution in [2.45, 2.75) is 46.1 Å². The average molecular weight is 266 g/mol. The molecule has 4 heteroatoms. The van der Waals surface area contributed by atoms with Gasteiger partial charge in [0.25, 0.3) is 0 Å². The molecule has 2 N–H and O–H groups in total. The van der Waals surface area contributed by atoms with Crippen LogP contribution in [0.2, 0.25) is 0 Å². The maximum Gasteiger partial charge on any atom is 0.128 e. The molecule has 0 aromatic carbocycles. The van der Waals surface area contributed by atoms with Crippen LogP contribution in [0.4, 0.5) is 0 Å². The molecule has 4 nitrogen and oxygen atoms in total. The minimum atomic E-state index is 0.305. The molecule has 1 heterocycles. The van der Waals surface area contributed by atoms with Gasteiger partial charge < -0.3 is 15.2 Å². The number of nitrogens with zero attached hydrogens (tertiary/aromatic N) is 1. The molecule has 0 fully saturated rings.